The van der Waals surface area contributed by atoms with Crippen LogP contribution in [0.3, 0.4) is 0 Å². The predicted octanol–water partition coefficient (Wildman–Crippen LogP) is 10.3. The molecule has 1 atom stereocenters. The summed E-state index contributed by atoms with van der Waals surface area (Å²) in [4.78, 5) is 13.0. The monoisotopic (exact) mass is 558 g/mol. The maximum absolute atomic E-state index is 5.25. The summed E-state index contributed by atoms with van der Waals surface area (Å²) >= 11 is 1.88. The first-order valence-electron chi connectivity index (χ1n) is 14.6. The van der Waals surface area contributed by atoms with Gasteiger partial charge in [0, 0.05) is 32.1 Å². The summed E-state index contributed by atoms with van der Waals surface area (Å²) in [5.74, 6) is 0.987. The highest BCUT2D eigenvalue weighted by Gasteiger charge is 2.33. The first kappa shape index (κ1) is 25.3. The van der Waals surface area contributed by atoms with Crippen molar-refractivity contribution in [2.45, 2.75) is 41.4 Å². The van der Waals surface area contributed by atoms with Gasteiger partial charge in [-0.05, 0) is 64.1 Å². The molecule has 202 valence electrons. The van der Waals surface area contributed by atoms with Crippen LogP contribution in [0.1, 0.15) is 54.1 Å². The second-order valence-corrected chi connectivity index (χ2v) is 12.9. The molecule has 0 bridgehead atoms. The van der Waals surface area contributed by atoms with Crippen LogP contribution in [0.25, 0.3) is 39.5 Å². The fraction of sp³-hybridized carbons (Fsp3) is 0.128. The van der Waals surface area contributed by atoms with Crippen LogP contribution in [-0.4, -0.2) is 9.97 Å². The Hall–Kier alpha value is -4.47. The van der Waals surface area contributed by atoms with Crippen molar-refractivity contribution in [1.29, 1.82) is 0 Å². The minimum atomic E-state index is -0.0462. The Morgan fingerprint density at radius 2 is 1.38 bits per heavy atom. The van der Waals surface area contributed by atoms with Gasteiger partial charge in [-0.15, -0.1) is 0 Å². The number of nitrogens with zero attached hydrogens (tertiary/aromatic N) is 2. The molecule has 0 N–H and O–H groups in total. The largest absolute Gasteiger partial charge is 0.232 e. The van der Waals surface area contributed by atoms with Gasteiger partial charge in [0.1, 0.15) is 0 Å². The molecule has 0 saturated heterocycles. The molecule has 6 aromatic rings. The summed E-state index contributed by atoms with van der Waals surface area (Å²) in [6.07, 6.45) is 5.44. The van der Waals surface area contributed by atoms with Crippen molar-refractivity contribution in [1.82, 2.24) is 9.97 Å². The molecular weight excluding hydrogens is 529 g/mol. The molecule has 3 heteroatoms. The van der Waals surface area contributed by atoms with Crippen molar-refractivity contribution in [3.63, 3.8) is 0 Å². The van der Waals surface area contributed by atoms with Gasteiger partial charge in [0.15, 0.2) is 5.82 Å². The van der Waals surface area contributed by atoms with Crippen molar-refractivity contribution >= 4 is 28.7 Å². The van der Waals surface area contributed by atoms with E-state index in [1.165, 1.54) is 43.2 Å². The van der Waals surface area contributed by atoms with E-state index >= 15 is 0 Å². The van der Waals surface area contributed by atoms with Crippen LogP contribution in [0.5, 0.6) is 0 Å². The molecule has 42 heavy (non-hydrogen) atoms. The van der Waals surface area contributed by atoms with Crippen LogP contribution in [0, 0.1) is 0 Å². The molecule has 2 nitrogen and oxygen atoms in total. The van der Waals surface area contributed by atoms with Crippen LogP contribution in [0.4, 0.5) is 0 Å². The summed E-state index contributed by atoms with van der Waals surface area (Å²) < 4.78 is 0. The van der Waals surface area contributed by atoms with Crippen LogP contribution >= 0.6 is 11.8 Å². The third-order valence-corrected chi connectivity index (χ3v) is 10.1. The second-order valence-electron chi connectivity index (χ2n) is 11.8. The maximum Gasteiger partial charge on any atom is 0.160 e. The molecule has 5 aromatic carbocycles. The summed E-state index contributed by atoms with van der Waals surface area (Å²) in [6.45, 7) is 4.68. The average Bonchev–Trinajstić information content (AvgIpc) is 3.04. The maximum atomic E-state index is 5.25. The lowest BCUT2D eigenvalue weighted by molar-refractivity contribution is 0.607. The van der Waals surface area contributed by atoms with Gasteiger partial charge < -0.3 is 0 Å². The Labute approximate surface area is 251 Å². The molecule has 1 aliphatic heterocycles. The van der Waals surface area contributed by atoms with Gasteiger partial charge in [-0.25, -0.2) is 9.97 Å². The van der Waals surface area contributed by atoms with Crippen molar-refractivity contribution in [2.75, 3.05) is 0 Å². The van der Waals surface area contributed by atoms with E-state index < -0.39 is 0 Å². The summed E-state index contributed by atoms with van der Waals surface area (Å²) in [5, 5.41) is 1.13. The van der Waals surface area contributed by atoms with Crippen molar-refractivity contribution in [3.05, 3.63) is 149 Å². The highest BCUT2D eigenvalue weighted by Crippen LogP contribution is 2.49. The van der Waals surface area contributed by atoms with E-state index in [2.05, 4.69) is 141 Å². The third-order valence-electron chi connectivity index (χ3n) is 8.91. The summed E-state index contributed by atoms with van der Waals surface area (Å²) in [7, 11) is 0. The van der Waals surface area contributed by atoms with Crippen LogP contribution in [0.15, 0.2) is 131 Å². The summed E-state index contributed by atoms with van der Waals surface area (Å²) in [5.41, 5.74) is 10.9. The standard InChI is InChI=1S/C39H30N2S/c1-39(2)32-15-6-8-17-35(32)42-36-23-22-28(24-33(36)39)25-18-20-27(21-19-25)38-40-34-16-7-5-13-31(34)37(41-38)30-14-9-11-26-10-3-4-12-29(26)30/h3-13,15-24,30H,14H2,1-2H3. The minimum Gasteiger partial charge on any atom is -0.232 e. The van der Waals surface area contributed by atoms with E-state index in [-0.39, 0.29) is 11.3 Å². The van der Waals surface area contributed by atoms with Gasteiger partial charge in [0.05, 0.1) is 11.2 Å². The smallest absolute Gasteiger partial charge is 0.160 e. The lowest BCUT2D eigenvalue weighted by Gasteiger charge is -2.34. The molecule has 2 aliphatic rings. The van der Waals surface area contributed by atoms with Crippen molar-refractivity contribution < 1.29 is 0 Å². The molecule has 0 radical (unpaired) electrons. The molecule has 0 saturated carbocycles. The lowest BCUT2D eigenvalue weighted by atomic mass is 9.77. The first-order valence-corrected chi connectivity index (χ1v) is 15.4. The Morgan fingerprint density at radius 1 is 0.667 bits per heavy atom. The van der Waals surface area contributed by atoms with Crippen LogP contribution < -0.4 is 0 Å². The molecule has 8 rings (SSSR count). The number of para-hydroxylation sites is 1. The molecule has 0 amide bonds. The van der Waals surface area contributed by atoms with E-state index in [4.69, 9.17) is 9.97 Å². The van der Waals surface area contributed by atoms with Gasteiger partial charge >= 0.3 is 0 Å². The van der Waals surface area contributed by atoms with E-state index in [0.717, 1.165) is 34.4 Å². The Kier molecular flexibility index (Phi) is 5.90. The number of rotatable bonds is 3. The van der Waals surface area contributed by atoms with Gasteiger partial charge in [0.2, 0.25) is 0 Å². The van der Waals surface area contributed by atoms with Crippen molar-refractivity contribution in [2.24, 2.45) is 0 Å². The van der Waals surface area contributed by atoms with E-state index in [1.54, 1.807) is 0 Å². The van der Waals surface area contributed by atoms with Gasteiger partial charge in [0.25, 0.3) is 0 Å². The molecule has 0 fully saturated rings. The number of fused-ring (bicyclic) bond motifs is 4. The quantitative estimate of drug-likeness (QED) is 0.216. The Balaban J connectivity index is 1.17. The van der Waals surface area contributed by atoms with Gasteiger partial charge in [-0.2, -0.15) is 0 Å². The molecule has 1 aromatic heterocycles. The zero-order valence-corrected chi connectivity index (χ0v) is 24.5. The second kappa shape index (κ2) is 9.82. The Bertz CT molecular complexity index is 2020. The van der Waals surface area contributed by atoms with E-state index in [9.17, 15) is 0 Å². The number of benzene rings is 5. The number of hydrogen-bond donors (Lipinski definition) is 0. The van der Waals surface area contributed by atoms with E-state index in [0.29, 0.717) is 0 Å². The SMILES string of the molecule is CC1(C)c2ccccc2Sc2ccc(-c3ccc(-c4nc(C5CC=Cc6ccccc65)c5ccccc5n4)cc3)cc21. The first-order chi connectivity index (χ1) is 20.6. The van der Waals surface area contributed by atoms with Gasteiger partial charge in [-0.3, -0.25) is 0 Å². The zero-order valence-electron chi connectivity index (χ0n) is 23.7. The van der Waals surface area contributed by atoms with Gasteiger partial charge in [-0.1, -0.05) is 129 Å². The third kappa shape index (κ3) is 4.11. The molecular formula is C39H30N2S. The number of aromatic nitrogens is 2. The Morgan fingerprint density at radius 3 is 2.29 bits per heavy atom. The molecule has 1 unspecified atom stereocenters. The molecule has 1 aliphatic carbocycles. The normalized spacial score (nSPS) is 16.5. The van der Waals surface area contributed by atoms with Crippen LogP contribution in [0.2, 0.25) is 0 Å². The van der Waals surface area contributed by atoms with Crippen molar-refractivity contribution in [3.8, 4) is 22.5 Å². The zero-order chi connectivity index (χ0) is 28.3. The number of hydrogen-bond acceptors (Lipinski definition) is 3. The minimum absolute atomic E-state index is 0.0462. The predicted molar refractivity (Wildman–Crippen MR) is 175 cm³/mol. The fourth-order valence-corrected chi connectivity index (χ4v) is 8.00. The molecule has 0 spiro atoms. The van der Waals surface area contributed by atoms with E-state index in [1.807, 2.05) is 11.8 Å². The lowest BCUT2D eigenvalue weighted by Crippen LogP contribution is -2.23. The van der Waals surface area contributed by atoms with Crippen LogP contribution in [-0.2, 0) is 5.41 Å². The highest BCUT2D eigenvalue weighted by atomic mass is 32.2. The topological polar surface area (TPSA) is 25.8 Å². The molecule has 2 heterocycles. The summed E-state index contributed by atoms with van der Waals surface area (Å²) in [6, 6.07) is 41.6. The number of allylic oxidation sites excluding steroid dienone is 1. The average molecular weight is 559 g/mol. The highest BCUT2D eigenvalue weighted by molar-refractivity contribution is 7.99. The fourth-order valence-electron chi connectivity index (χ4n) is 6.63.